The summed E-state index contributed by atoms with van der Waals surface area (Å²) in [4.78, 5) is 4.28. The third kappa shape index (κ3) is 3.52. The van der Waals surface area contributed by atoms with Crippen molar-refractivity contribution >= 4 is 27.3 Å². The Balaban J connectivity index is 2.10. The summed E-state index contributed by atoms with van der Waals surface area (Å²) >= 11 is 4.96. The normalized spacial score (nSPS) is 12.4. The van der Waals surface area contributed by atoms with E-state index in [1.54, 1.807) is 11.3 Å². The Bertz CT molecular complexity index is 444. The van der Waals surface area contributed by atoms with Crippen LogP contribution in [0.1, 0.15) is 18.2 Å². The Labute approximate surface area is 113 Å². The molecule has 1 atom stereocenters. The van der Waals surface area contributed by atoms with Crippen LogP contribution >= 0.6 is 27.3 Å². The van der Waals surface area contributed by atoms with Gasteiger partial charge in [0.25, 0.3) is 0 Å². The summed E-state index contributed by atoms with van der Waals surface area (Å²) in [5.74, 6) is 0.833. The zero-order chi connectivity index (χ0) is 12.1. The van der Waals surface area contributed by atoms with Crippen LogP contribution in [0.25, 0.3) is 0 Å². The Morgan fingerprint density at radius 1 is 1.35 bits per heavy atom. The molecule has 0 aliphatic carbocycles. The van der Waals surface area contributed by atoms with E-state index < -0.39 is 0 Å². The first kappa shape index (κ1) is 12.5. The van der Waals surface area contributed by atoms with Crippen LogP contribution in [-0.4, -0.2) is 11.5 Å². The quantitative estimate of drug-likeness (QED) is 0.920. The molecule has 3 nitrogen and oxygen atoms in total. The van der Waals surface area contributed by atoms with Crippen molar-refractivity contribution in [2.45, 2.75) is 12.5 Å². The monoisotopic (exact) mass is 312 g/mol. The van der Waals surface area contributed by atoms with Crippen LogP contribution in [0, 0.1) is 0 Å². The highest BCUT2D eigenvalue weighted by atomic mass is 79.9. The molecule has 1 unspecified atom stereocenters. The van der Waals surface area contributed by atoms with Gasteiger partial charge in [0.1, 0.15) is 11.9 Å². The molecule has 2 aromatic rings. The molecule has 0 amide bonds. The van der Waals surface area contributed by atoms with Crippen molar-refractivity contribution in [1.82, 2.24) is 4.98 Å². The summed E-state index contributed by atoms with van der Waals surface area (Å²) < 4.78 is 6.93. The Morgan fingerprint density at radius 2 is 2.12 bits per heavy atom. The largest absolute Gasteiger partial charge is 0.484 e. The van der Waals surface area contributed by atoms with Gasteiger partial charge in [-0.3, -0.25) is 0 Å². The van der Waals surface area contributed by atoms with Gasteiger partial charge < -0.3 is 10.5 Å². The first-order valence-electron chi connectivity index (χ1n) is 5.30. The average molecular weight is 313 g/mol. The van der Waals surface area contributed by atoms with Crippen molar-refractivity contribution in [1.29, 1.82) is 0 Å². The maximum atomic E-state index is 5.90. The highest BCUT2D eigenvalue weighted by Gasteiger charge is 2.14. The van der Waals surface area contributed by atoms with Gasteiger partial charge in [0, 0.05) is 16.3 Å². The van der Waals surface area contributed by atoms with Crippen LogP contribution < -0.4 is 10.5 Å². The molecule has 1 aromatic carbocycles. The molecule has 1 aromatic heterocycles. The molecule has 0 radical (unpaired) electrons. The van der Waals surface area contributed by atoms with E-state index in [1.165, 1.54) is 0 Å². The maximum Gasteiger partial charge on any atom is 0.143 e. The summed E-state index contributed by atoms with van der Waals surface area (Å²) in [6.07, 6.45) is 0.701. The van der Waals surface area contributed by atoms with Crippen molar-refractivity contribution in [3.8, 4) is 5.75 Å². The van der Waals surface area contributed by atoms with Crippen LogP contribution in [0.15, 0.2) is 39.6 Å². The minimum atomic E-state index is -0.0626. The Morgan fingerprint density at radius 3 is 2.71 bits per heavy atom. The first-order chi connectivity index (χ1) is 8.29. The van der Waals surface area contributed by atoms with Crippen molar-refractivity contribution in [3.63, 3.8) is 0 Å². The van der Waals surface area contributed by atoms with E-state index in [9.17, 15) is 0 Å². The lowest BCUT2D eigenvalue weighted by Gasteiger charge is -2.16. The zero-order valence-electron chi connectivity index (χ0n) is 9.17. The van der Waals surface area contributed by atoms with E-state index in [1.807, 2.05) is 35.2 Å². The standard InChI is InChI=1S/C12H13BrN2OS/c13-9-1-3-10(4-2-9)16-12(5-6-14)11-7-17-8-15-11/h1-4,7-8,12H,5-6,14H2. The first-order valence-corrected chi connectivity index (χ1v) is 7.03. The number of nitrogens with two attached hydrogens (primary N) is 1. The van der Waals surface area contributed by atoms with E-state index in [0.717, 1.165) is 22.3 Å². The molecule has 0 aliphatic heterocycles. The van der Waals surface area contributed by atoms with Crippen molar-refractivity contribution in [2.75, 3.05) is 6.54 Å². The van der Waals surface area contributed by atoms with E-state index in [2.05, 4.69) is 20.9 Å². The van der Waals surface area contributed by atoms with Gasteiger partial charge in [-0.2, -0.15) is 0 Å². The molecule has 5 heteroatoms. The fourth-order valence-electron chi connectivity index (χ4n) is 1.48. The summed E-state index contributed by atoms with van der Waals surface area (Å²) in [6, 6.07) is 7.77. The third-order valence-electron chi connectivity index (χ3n) is 2.30. The fraction of sp³-hybridized carbons (Fsp3) is 0.250. The summed E-state index contributed by atoms with van der Waals surface area (Å²) in [6.45, 7) is 0.582. The zero-order valence-corrected chi connectivity index (χ0v) is 11.6. The predicted octanol–water partition coefficient (Wildman–Crippen LogP) is 3.37. The molecule has 0 aliphatic rings. The highest BCUT2D eigenvalue weighted by Crippen LogP contribution is 2.25. The number of aromatic nitrogens is 1. The van der Waals surface area contributed by atoms with Crippen LogP contribution in [-0.2, 0) is 0 Å². The van der Waals surface area contributed by atoms with Crippen molar-refractivity contribution < 1.29 is 4.74 Å². The van der Waals surface area contributed by atoms with Gasteiger partial charge in [-0.15, -0.1) is 11.3 Å². The number of nitrogens with zero attached hydrogens (tertiary/aromatic N) is 1. The van der Waals surface area contributed by atoms with Gasteiger partial charge in [0.05, 0.1) is 11.2 Å². The van der Waals surface area contributed by atoms with Crippen molar-refractivity contribution in [2.24, 2.45) is 5.73 Å². The van der Waals surface area contributed by atoms with Gasteiger partial charge in [-0.1, -0.05) is 15.9 Å². The molecule has 1 heterocycles. The lowest BCUT2D eigenvalue weighted by atomic mass is 10.2. The van der Waals surface area contributed by atoms with Gasteiger partial charge in [0.2, 0.25) is 0 Å². The fourth-order valence-corrected chi connectivity index (χ4v) is 2.34. The van der Waals surface area contributed by atoms with Gasteiger partial charge >= 0.3 is 0 Å². The van der Waals surface area contributed by atoms with Gasteiger partial charge in [-0.05, 0) is 30.8 Å². The number of thiazole rings is 1. The molecule has 2 N–H and O–H groups in total. The summed E-state index contributed by atoms with van der Waals surface area (Å²) in [5.41, 5.74) is 8.36. The second-order valence-corrected chi connectivity index (χ2v) is 5.19. The second kappa shape index (κ2) is 6.14. The number of benzene rings is 1. The smallest absolute Gasteiger partial charge is 0.143 e. The average Bonchev–Trinajstić information content (AvgIpc) is 2.85. The predicted molar refractivity (Wildman–Crippen MR) is 73.3 cm³/mol. The molecule has 0 bridgehead atoms. The molecular formula is C12H13BrN2OS. The lowest BCUT2D eigenvalue weighted by Crippen LogP contribution is -2.13. The van der Waals surface area contributed by atoms with E-state index in [-0.39, 0.29) is 6.10 Å². The molecule has 2 rings (SSSR count). The maximum absolute atomic E-state index is 5.90. The number of ether oxygens (including phenoxy) is 1. The minimum absolute atomic E-state index is 0.0626. The molecular weight excluding hydrogens is 300 g/mol. The molecule has 0 saturated heterocycles. The minimum Gasteiger partial charge on any atom is -0.484 e. The van der Waals surface area contributed by atoms with Gasteiger partial charge in [-0.25, -0.2) is 4.98 Å². The molecule has 0 fully saturated rings. The van der Waals surface area contributed by atoms with Crippen molar-refractivity contribution in [3.05, 3.63) is 45.3 Å². The summed E-state index contributed by atoms with van der Waals surface area (Å²) in [7, 11) is 0. The summed E-state index contributed by atoms with van der Waals surface area (Å²) in [5, 5.41) is 2.00. The number of hydrogen-bond donors (Lipinski definition) is 1. The SMILES string of the molecule is NCCC(Oc1ccc(Br)cc1)c1cscn1. The highest BCUT2D eigenvalue weighted by molar-refractivity contribution is 9.10. The molecule has 17 heavy (non-hydrogen) atoms. The molecule has 0 saturated carbocycles. The second-order valence-electron chi connectivity index (χ2n) is 3.55. The number of hydrogen-bond acceptors (Lipinski definition) is 4. The molecule has 0 spiro atoms. The molecule has 90 valence electrons. The topological polar surface area (TPSA) is 48.1 Å². The van der Waals surface area contributed by atoms with Crippen LogP contribution in [0.3, 0.4) is 0 Å². The van der Waals surface area contributed by atoms with Crippen LogP contribution in [0.5, 0.6) is 5.75 Å². The van der Waals surface area contributed by atoms with E-state index in [0.29, 0.717) is 6.54 Å². The van der Waals surface area contributed by atoms with E-state index >= 15 is 0 Å². The number of rotatable bonds is 5. The third-order valence-corrected chi connectivity index (χ3v) is 3.44. The Hall–Kier alpha value is -0.910. The Kier molecular flexibility index (Phi) is 4.53. The lowest BCUT2D eigenvalue weighted by molar-refractivity contribution is 0.193. The van der Waals surface area contributed by atoms with Crippen LogP contribution in [0.2, 0.25) is 0 Å². The van der Waals surface area contributed by atoms with Gasteiger partial charge in [0.15, 0.2) is 0 Å². The number of halogens is 1. The van der Waals surface area contributed by atoms with Crippen LogP contribution in [0.4, 0.5) is 0 Å². The van der Waals surface area contributed by atoms with E-state index in [4.69, 9.17) is 10.5 Å².